The second-order valence-electron chi connectivity index (χ2n) is 6.70. The van der Waals surface area contributed by atoms with Gasteiger partial charge in [-0.1, -0.05) is 29.8 Å². The number of hydrogen-bond donors (Lipinski definition) is 0. The van der Waals surface area contributed by atoms with Gasteiger partial charge in [-0.3, -0.25) is 10.1 Å². The van der Waals surface area contributed by atoms with Crippen LogP contribution in [0, 0.1) is 28.9 Å². The molecule has 1 heterocycles. The van der Waals surface area contributed by atoms with Crippen LogP contribution in [-0.4, -0.2) is 28.3 Å². The third kappa shape index (κ3) is 2.48. The van der Waals surface area contributed by atoms with Crippen LogP contribution in [0.3, 0.4) is 0 Å². The average Bonchev–Trinajstić information content (AvgIpc) is 3.30. The van der Waals surface area contributed by atoms with Gasteiger partial charge in [0.2, 0.25) is 6.04 Å². The highest BCUT2D eigenvalue weighted by Crippen LogP contribution is 2.49. The molecular formula is C17H17N3O4S. The van der Waals surface area contributed by atoms with Gasteiger partial charge in [0.15, 0.2) is 0 Å². The molecular weight excluding hydrogens is 342 g/mol. The van der Waals surface area contributed by atoms with E-state index in [-0.39, 0.29) is 27.6 Å². The molecule has 7 nitrogen and oxygen atoms in total. The van der Waals surface area contributed by atoms with Gasteiger partial charge in [-0.15, -0.1) is 0 Å². The molecule has 0 aliphatic heterocycles. The molecule has 130 valence electrons. The fourth-order valence-electron chi connectivity index (χ4n) is 3.93. The summed E-state index contributed by atoms with van der Waals surface area (Å²) >= 11 is 0. The Kier molecular flexibility index (Phi) is 3.54. The summed E-state index contributed by atoms with van der Waals surface area (Å²) in [6.45, 7) is 1.88. The Bertz CT molecular complexity index is 962. The van der Waals surface area contributed by atoms with Crippen LogP contribution in [0.15, 0.2) is 53.8 Å². The SMILES string of the molecule is Cc1ccc(S(=O)(=O)n2cnc([C@@H]3[C@@H]([N+](=O)[O-])[C@H]4C=C[C@@H]3C4)c2)cc1. The molecule has 1 saturated carbocycles. The van der Waals surface area contributed by atoms with E-state index in [9.17, 15) is 18.5 Å². The summed E-state index contributed by atoms with van der Waals surface area (Å²) in [5.74, 6) is -0.422. The van der Waals surface area contributed by atoms with E-state index in [1.54, 1.807) is 24.3 Å². The van der Waals surface area contributed by atoms with Crippen molar-refractivity contribution >= 4 is 10.0 Å². The van der Waals surface area contributed by atoms with Crippen LogP contribution in [-0.2, 0) is 10.0 Å². The zero-order valence-corrected chi connectivity index (χ0v) is 14.3. The zero-order chi connectivity index (χ0) is 17.8. The van der Waals surface area contributed by atoms with Crippen molar-refractivity contribution < 1.29 is 13.3 Å². The fourth-order valence-corrected chi connectivity index (χ4v) is 5.08. The van der Waals surface area contributed by atoms with E-state index in [4.69, 9.17) is 0 Å². The summed E-state index contributed by atoms with van der Waals surface area (Å²) in [4.78, 5) is 15.6. The van der Waals surface area contributed by atoms with E-state index < -0.39 is 16.1 Å². The monoisotopic (exact) mass is 359 g/mol. The Balaban J connectivity index is 1.70. The van der Waals surface area contributed by atoms with Crippen LogP contribution in [0.5, 0.6) is 0 Å². The molecule has 2 aliphatic rings. The minimum atomic E-state index is -3.75. The van der Waals surface area contributed by atoms with Gasteiger partial charge in [0.1, 0.15) is 6.33 Å². The van der Waals surface area contributed by atoms with Crippen molar-refractivity contribution in [1.82, 2.24) is 8.96 Å². The zero-order valence-electron chi connectivity index (χ0n) is 13.5. The quantitative estimate of drug-likeness (QED) is 0.474. The molecule has 1 aromatic carbocycles. The van der Waals surface area contributed by atoms with Gasteiger partial charge in [-0.25, -0.2) is 17.4 Å². The van der Waals surface area contributed by atoms with Gasteiger partial charge in [0.05, 0.1) is 16.5 Å². The Morgan fingerprint density at radius 2 is 1.88 bits per heavy atom. The minimum Gasteiger partial charge on any atom is -0.264 e. The normalized spacial score (nSPS) is 27.7. The van der Waals surface area contributed by atoms with Crippen LogP contribution in [0.25, 0.3) is 0 Å². The molecule has 2 aliphatic carbocycles. The molecule has 4 atom stereocenters. The van der Waals surface area contributed by atoms with Crippen molar-refractivity contribution in [2.45, 2.75) is 30.2 Å². The summed E-state index contributed by atoms with van der Waals surface area (Å²) in [5.41, 5.74) is 1.43. The number of aromatic nitrogens is 2. The van der Waals surface area contributed by atoms with Crippen molar-refractivity contribution in [2.75, 3.05) is 0 Å². The summed E-state index contributed by atoms with van der Waals surface area (Å²) in [6.07, 6.45) is 7.27. The van der Waals surface area contributed by atoms with Crippen LogP contribution in [0.2, 0.25) is 0 Å². The third-order valence-corrected chi connectivity index (χ3v) is 6.80. The Morgan fingerprint density at radius 1 is 1.20 bits per heavy atom. The maximum atomic E-state index is 12.7. The fraction of sp³-hybridized carbons (Fsp3) is 0.353. The molecule has 25 heavy (non-hydrogen) atoms. The maximum absolute atomic E-state index is 12.7. The summed E-state index contributed by atoms with van der Waals surface area (Å²) < 4.78 is 26.5. The molecule has 0 radical (unpaired) electrons. The predicted molar refractivity (Wildman–Crippen MR) is 90.3 cm³/mol. The van der Waals surface area contributed by atoms with Crippen LogP contribution in [0.4, 0.5) is 0 Å². The van der Waals surface area contributed by atoms with Crippen LogP contribution < -0.4 is 0 Å². The highest BCUT2D eigenvalue weighted by atomic mass is 32.2. The second-order valence-corrected chi connectivity index (χ2v) is 8.54. The van der Waals surface area contributed by atoms with Crippen LogP contribution >= 0.6 is 0 Å². The van der Waals surface area contributed by atoms with Gasteiger partial charge in [0, 0.05) is 17.0 Å². The first kappa shape index (κ1) is 16.0. The number of fused-ring (bicyclic) bond motifs is 2. The van der Waals surface area contributed by atoms with Gasteiger partial charge < -0.3 is 0 Å². The molecule has 0 amide bonds. The van der Waals surface area contributed by atoms with Gasteiger partial charge in [-0.2, -0.15) is 0 Å². The molecule has 2 bridgehead atoms. The lowest BCUT2D eigenvalue weighted by molar-refractivity contribution is -0.530. The first-order chi connectivity index (χ1) is 11.9. The van der Waals surface area contributed by atoms with Gasteiger partial charge in [0.25, 0.3) is 10.0 Å². The number of nitro groups is 1. The maximum Gasteiger partial charge on any atom is 0.268 e. The van der Waals surface area contributed by atoms with Gasteiger partial charge in [-0.05, 0) is 31.4 Å². The molecule has 0 saturated heterocycles. The molecule has 0 N–H and O–H groups in total. The van der Waals surface area contributed by atoms with E-state index in [1.807, 2.05) is 19.1 Å². The topological polar surface area (TPSA) is 95.1 Å². The lowest BCUT2D eigenvalue weighted by atomic mass is 9.87. The number of allylic oxidation sites excluding steroid dienone is 1. The lowest BCUT2D eigenvalue weighted by Gasteiger charge is -2.19. The number of aryl methyl sites for hydroxylation is 1. The highest BCUT2D eigenvalue weighted by Gasteiger charge is 2.53. The molecule has 0 unspecified atom stereocenters. The first-order valence-corrected chi connectivity index (χ1v) is 9.50. The number of hydrogen-bond acceptors (Lipinski definition) is 5. The van der Waals surface area contributed by atoms with Crippen molar-refractivity contribution in [1.29, 1.82) is 0 Å². The van der Waals surface area contributed by atoms with E-state index >= 15 is 0 Å². The molecule has 8 heteroatoms. The number of benzene rings is 1. The molecule has 4 rings (SSSR count). The van der Waals surface area contributed by atoms with Crippen LogP contribution in [0.1, 0.15) is 23.6 Å². The summed E-state index contributed by atoms with van der Waals surface area (Å²) in [6, 6.07) is 5.82. The second kappa shape index (κ2) is 5.52. The molecule has 1 fully saturated rings. The minimum absolute atomic E-state index is 0.0471. The van der Waals surface area contributed by atoms with Crippen molar-refractivity contribution in [3.8, 4) is 0 Å². The largest absolute Gasteiger partial charge is 0.268 e. The first-order valence-electron chi connectivity index (χ1n) is 8.06. The molecule has 0 spiro atoms. The Hall–Kier alpha value is -2.48. The van der Waals surface area contributed by atoms with E-state index in [2.05, 4.69) is 4.98 Å². The van der Waals surface area contributed by atoms with Gasteiger partial charge >= 0.3 is 0 Å². The number of imidazole rings is 1. The molecule has 2 aromatic rings. The predicted octanol–water partition coefficient (Wildman–Crippen LogP) is 2.36. The number of rotatable bonds is 4. The lowest BCUT2D eigenvalue weighted by Crippen LogP contribution is -2.31. The Labute approximate surface area is 145 Å². The third-order valence-electron chi connectivity index (χ3n) is 5.18. The van der Waals surface area contributed by atoms with E-state index in [0.29, 0.717) is 5.69 Å². The standard InChI is InChI=1S/C17H17N3O4S/c1-11-2-6-14(7-3-11)25(23,24)19-9-15(18-10-19)16-12-4-5-13(8-12)17(16)20(21)22/h2-7,9-10,12-13,16-17H,8H2,1H3/t12-,13+,16-,17+/m1/s1. The smallest absolute Gasteiger partial charge is 0.264 e. The van der Waals surface area contributed by atoms with Crippen molar-refractivity contribution in [2.24, 2.45) is 11.8 Å². The Morgan fingerprint density at radius 3 is 2.56 bits per heavy atom. The number of nitrogens with zero attached hydrogens (tertiary/aromatic N) is 3. The molecule has 1 aromatic heterocycles. The van der Waals surface area contributed by atoms with E-state index in [1.165, 1.54) is 12.5 Å². The van der Waals surface area contributed by atoms with Crippen molar-refractivity contribution in [3.05, 3.63) is 70.3 Å². The highest BCUT2D eigenvalue weighted by molar-refractivity contribution is 7.90. The average molecular weight is 359 g/mol. The van der Waals surface area contributed by atoms with E-state index in [0.717, 1.165) is 16.0 Å². The van der Waals surface area contributed by atoms with Crippen molar-refractivity contribution in [3.63, 3.8) is 0 Å². The summed E-state index contributed by atoms with van der Waals surface area (Å²) in [5, 5.41) is 11.5. The summed E-state index contributed by atoms with van der Waals surface area (Å²) in [7, 11) is -3.75.